The van der Waals surface area contributed by atoms with E-state index in [-0.39, 0.29) is 31.0 Å². The fourth-order valence-electron chi connectivity index (χ4n) is 0.774. The molecule has 0 radical (unpaired) electrons. The molecule has 0 spiro atoms. The van der Waals surface area contributed by atoms with Gasteiger partial charge in [-0.1, -0.05) is 13.2 Å². The molecule has 0 amide bonds. The van der Waals surface area contributed by atoms with Crippen LogP contribution in [0.3, 0.4) is 0 Å². The first-order chi connectivity index (χ1) is 4.12. The number of nitrogens with zero attached hydrogens (tertiary/aromatic N) is 1. The van der Waals surface area contributed by atoms with Crippen LogP contribution in [0.15, 0.2) is 25.3 Å². The van der Waals surface area contributed by atoms with Crippen molar-refractivity contribution in [3.05, 3.63) is 25.3 Å². The second kappa shape index (κ2) is 11.0. The number of hydrogen-bond acceptors (Lipinski definition) is 1. The van der Waals surface area contributed by atoms with E-state index in [4.69, 9.17) is 0 Å². The first kappa shape index (κ1) is 22.7. The second-order valence-electron chi connectivity index (χ2n) is 2.88. The van der Waals surface area contributed by atoms with Gasteiger partial charge >= 0.3 is 0 Å². The number of halogens is 2. The average molecular weight is 215 g/mol. The van der Waals surface area contributed by atoms with E-state index < -0.39 is 0 Å². The maximum Gasteiger partial charge on any atom is 0.0969 e. The van der Waals surface area contributed by atoms with E-state index >= 15 is 0 Å². The minimum Gasteiger partial charge on any atom is -1.00 e. The molecule has 0 atom stereocenters. The monoisotopic (exact) mass is 214 g/mol. The van der Waals surface area contributed by atoms with Crippen molar-refractivity contribution in [1.29, 1.82) is 0 Å². The molecule has 0 aliphatic heterocycles. The molecular formula is C8H20Cl2N2. The van der Waals surface area contributed by atoms with E-state index in [1.807, 2.05) is 12.2 Å². The Morgan fingerprint density at radius 3 is 1.50 bits per heavy atom. The lowest BCUT2D eigenvalue weighted by atomic mass is 10.4. The van der Waals surface area contributed by atoms with Gasteiger partial charge in [0.25, 0.3) is 0 Å². The topological polar surface area (TPSA) is 35.0 Å². The zero-order valence-electron chi connectivity index (χ0n) is 7.92. The first-order valence-electron chi connectivity index (χ1n) is 3.16. The van der Waals surface area contributed by atoms with Crippen molar-refractivity contribution in [2.24, 2.45) is 0 Å². The summed E-state index contributed by atoms with van der Waals surface area (Å²) in [6, 6.07) is 0. The summed E-state index contributed by atoms with van der Waals surface area (Å²) in [7, 11) is 4.31. The van der Waals surface area contributed by atoms with Gasteiger partial charge in [0.2, 0.25) is 0 Å². The van der Waals surface area contributed by atoms with Crippen LogP contribution in [0.25, 0.3) is 0 Å². The molecule has 0 fully saturated rings. The fraction of sp³-hybridized carbons (Fsp3) is 0.500. The maximum atomic E-state index is 3.68. The van der Waals surface area contributed by atoms with Gasteiger partial charge in [-0.15, -0.1) is 12.4 Å². The third-order valence-corrected chi connectivity index (χ3v) is 1.25. The molecule has 0 aliphatic carbocycles. The zero-order chi connectivity index (χ0) is 7.33. The smallest absolute Gasteiger partial charge is 0.0969 e. The molecule has 2 nitrogen and oxygen atoms in total. The van der Waals surface area contributed by atoms with Gasteiger partial charge in [0, 0.05) is 0 Å². The number of hydrogen-bond donors (Lipinski definition) is 1. The van der Waals surface area contributed by atoms with Gasteiger partial charge in [0.1, 0.15) is 0 Å². The van der Waals surface area contributed by atoms with Gasteiger partial charge in [-0.2, -0.15) is 0 Å². The van der Waals surface area contributed by atoms with Gasteiger partial charge < -0.3 is 23.0 Å². The lowest BCUT2D eigenvalue weighted by molar-refractivity contribution is -0.878. The second-order valence-corrected chi connectivity index (χ2v) is 2.88. The predicted octanol–water partition coefficient (Wildman–Crippen LogP) is -0.977. The lowest BCUT2D eigenvalue weighted by Gasteiger charge is -2.26. The largest absolute Gasteiger partial charge is 1.00 e. The number of rotatable bonds is 4. The Morgan fingerprint density at radius 1 is 1.08 bits per heavy atom. The quantitative estimate of drug-likeness (QED) is 0.475. The van der Waals surface area contributed by atoms with Crippen molar-refractivity contribution < 1.29 is 16.9 Å². The van der Waals surface area contributed by atoms with Gasteiger partial charge in [-0.05, 0) is 12.2 Å². The average Bonchev–Trinajstić information content (AvgIpc) is 1.64. The number of likely N-dealkylation sites (N-methyl/N-ethyl adjacent to an activating group) is 1. The van der Waals surface area contributed by atoms with Crippen molar-refractivity contribution in [2.45, 2.75) is 0 Å². The third-order valence-electron chi connectivity index (χ3n) is 1.25. The highest BCUT2D eigenvalue weighted by Crippen LogP contribution is 1.95. The van der Waals surface area contributed by atoms with Crippen LogP contribution in [0.5, 0.6) is 0 Å². The van der Waals surface area contributed by atoms with Crippen molar-refractivity contribution in [3.8, 4) is 0 Å². The molecule has 0 rings (SSSR count). The molecule has 76 valence electrons. The standard InChI is InChI=1S/C8H16N.2ClH.H3N/c1-5-7-9(3,4)8-6-2;;;/h5-6H,1-2,7-8H2,3-4H3;2*1H;1H3/q+1;;;/p-1. The molecule has 0 bridgehead atoms. The summed E-state index contributed by atoms with van der Waals surface area (Å²) in [5, 5.41) is 0. The van der Waals surface area contributed by atoms with Crippen LogP contribution in [-0.4, -0.2) is 31.7 Å². The lowest BCUT2D eigenvalue weighted by Crippen LogP contribution is -3.00. The molecule has 3 N–H and O–H groups in total. The molecule has 0 aromatic rings. The molecule has 0 aromatic heterocycles. The van der Waals surface area contributed by atoms with Crippen LogP contribution >= 0.6 is 12.4 Å². The van der Waals surface area contributed by atoms with E-state index in [2.05, 4.69) is 27.3 Å². The van der Waals surface area contributed by atoms with Crippen LogP contribution in [0, 0.1) is 0 Å². The van der Waals surface area contributed by atoms with Crippen molar-refractivity contribution >= 4 is 12.4 Å². The van der Waals surface area contributed by atoms with Gasteiger partial charge in [0.15, 0.2) is 0 Å². The molecule has 0 aliphatic rings. The van der Waals surface area contributed by atoms with Crippen molar-refractivity contribution in [1.82, 2.24) is 6.15 Å². The summed E-state index contributed by atoms with van der Waals surface area (Å²) >= 11 is 0. The van der Waals surface area contributed by atoms with E-state index in [0.29, 0.717) is 0 Å². The Morgan fingerprint density at radius 2 is 1.33 bits per heavy atom. The minimum absolute atomic E-state index is 0. The zero-order valence-corrected chi connectivity index (χ0v) is 9.50. The molecule has 0 unspecified atom stereocenters. The summed E-state index contributed by atoms with van der Waals surface area (Å²) < 4.78 is 0.951. The minimum atomic E-state index is 0. The number of quaternary nitrogens is 1. The van der Waals surface area contributed by atoms with Crippen molar-refractivity contribution in [3.63, 3.8) is 0 Å². The predicted molar refractivity (Wildman–Crippen MR) is 54.5 cm³/mol. The maximum absolute atomic E-state index is 3.68. The Bertz CT molecular complexity index is 102. The van der Waals surface area contributed by atoms with Crippen molar-refractivity contribution in [2.75, 3.05) is 27.2 Å². The Balaban J connectivity index is -0.000000107. The summed E-state index contributed by atoms with van der Waals surface area (Å²) in [5.74, 6) is 0. The highest BCUT2D eigenvalue weighted by atomic mass is 35.5. The third kappa shape index (κ3) is 12.6. The molecular weight excluding hydrogens is 195 g/mol. The van der Waals surface area contributed by atoms with Crippen LogP contribution in [0.4, 0.5) is 0 Å². The highest BCUT2D eigenvalue weighted by Gasteiger charge is 2.07. The van der Waals surface area contributed by atoms with Crippen LogP contribution in [-0.2, 0) is 0 Å². The normalized spacial score (nSPS) is 8.17. The summed E-state index contributed by atoms with van der Waals surface area (Å²) in [6.07, 6.45) is 3.87. The Labute approximate surface area is 88.3 Å². The molecule has 4 heteroatoms. The molecule has 0 heterocycles. The van der Waals surface area contributed by atoms with Crippen LogP contribution < -0.4 is 18.6 Å². The SMILES string of the molecule is C=CC[N+](C)(C)CC=C.Cl.N.[Cl-]. The first-order valence-corrected chi connectivity index (χ1v) is 3.16. The van der Waals surface area contributed by atoms with E-state index in [9.17, 15) is 0 Å². The molecule has 0 saturated carbocycles. The molecule has 0 aromatic carbocycles. The Hall–Kier alpha value is -0.0200. The fourth-order valence-corrected chi connectivity index (χ4v) is 0.774. The van der Waals surface area contributed by atoms with Crippen LogP contribution in [0.1, 0.15) is 0 Å². The van der Waals surface area contributed by atoms with E-state index in [1.54, 1.807) is 0 Å². The van der Waals surface area contributed by atoms with E-state index in [0.717, 1.165) is 17.6 Å². The van der Waals surface area contributed by atoms with Gasteiger partial charge in [0.05, 0.1) is 27.2 Å². The van der Waals surface area contributed by atoms with Gasteiger partial charge in [-0.25, -0.2) is 0 Å². The summed E-state index contributed by atoms with van der Waals surface area (Å²) in [6.45, 7) is 9.37. The van der Waals surface area contributed by atoms with E-state index in [1.165, 1.54) is 0 Å². The molecule has 12 heavy (non-hydrogen) atoms. The summed E-state index contributed by atoms with van der Waals surface area (Å²) in [5.41, 5.74) is 0. The Kier molecular flexibility index (Phi) is 20.8. The van der Waals surface area contributed by atoms with Crippen LogP contribution in [0.2, 0.25) is 0 Å². The summed E-state index contributed by atoms with van der Waals surface area (Å²) in [4.78, 5) is 0. The highest BCUT2D eigenvalue weighted by molar-refractivity contribution is 5.85. The van der Waals surface area contributed by atoms with Gasteiger partial charge in [-0.3, -0.25) is 0 Å². The molecule has 0 saturated heterocycles.